The highest BCUT2D eigenvalue weighted by atomic mass is 35.5. The van der Waals surface area contributed by atoms with E-state index in [4.69, 9.17) is 16.9 Å². The number of nitro benzene ring substituents is 1. The van der Waals surface area contributed by atoms with Gasteiger partial charge in [0.1, 0.15) is 17.5 Å². The Morgan fingerprint density at radius 3 is 2.76 bits per heavy atom. The molecule has 0 spiro atoms. The molecule has 0 bridgehead atoms. The number of nitriles is 1. The highest BCUT2D eigenvalue weighted by molar-refractivity contribution is 6.31. The second-order valence-electron chi connectivity index (χ2n) is 3.93. The molecule has 1 aromatic heterocycles. The lowest BCUT2D eigenvalue weighted by atomic mass is 10.2. The molecule has 3 N–H and O–H groups in total. The second-order valence-corrected chi connectivity index (χ2v) is 4.37. The summed E-state index contributed by atoms with van der Waals surface area (Å²) in [5.74, 6) is -1.38. The Balaban J connectivity index is 2.33. The van der Waals surface area contributed by atoms with E-state index in [1.165, 1.54) is 18.2 Å². The number of phenols is 1. The van der Waals surface area contributed by atoms with Crippen molar-refractivity contribution in [2.45, 2.75) is 0 Å². The van der Waals surface area contributed by atoms with E-state index in [0.717, 1.165) is 6.07 Å². The van der Waals surface area contributed by atoms with E-state index in [2.05, 4.69) is 10.3 Å². The Bertz CT molecular complexity index is 778. The number of phenolic OH excluding ortho intramolecular Hbond substituents is 1. The number of carbonyl (C=O) groups is 1. The summed E-state index contributed by atoms with van der Waals surface area (Å²) >= 11 is 5.70. The highest BCUT2D eigenvalue weighted by Gasteiger charge is 2.20. The van der Waals surface area contributed by atoms with Gasteiger partial charge < -0.3 is 15.4 Å². The summed E-state index contributed by atoms with van der Waals surface area (Å²) in [5, 5.41) is 31.4. The van der Waals surface area contributed by atoms with Crippen LogP contribution in [0.2, 0.25) is 5.02 Å². The third-order valence-electron chi connectivity index (χ3n) is 2.55. The molecule has 1 heterocycles. The van der Waals surface area contributed by atoms with E-state index in [-0.39, 0.29) is 22.1 Å². The first-order valence-corrected chi connectivity index (χ1v) is 5.87. The summed E-state index contributed by atoms with van der Waals surface area (Å²) in [6.45, 7) is 0. The smallest absolute Gasteiger partial charge is 0.314 e. The normalized spacial score (nSPS) is 9.90. The molecular weight excluding hydrogens is 300 g/mol. The Morgan fingerprint density at radius 2 is 2.19 bits per heavy atom. The number of nitrogens with one attached hydrogen (secondary N) is 2. The minimum atomic E-state index is -0.820. The molecule has 2 rings (SSSR count). The van der Waals surface area contributed by atoms with Crippen LogP contribution in [0.15, 0.2) is 24.3 Å². The fraction of sp³-hybridized carbons (Fsp3) is 0. The van der Waals surface area contributed by atoms with Gasteiger partial charge in [0.25, 0.3) is 5.91 Å². The Hall–Kier alpha value is -3.05. The number of anilines is 1. The number of halogens is 1. The number of aromatic amines is 1. The average Bonchev–Trinajstić information content (AvgIpc) is 2.91. The maximum Gasteiger partial charge on any atom is 0.314 e. The second kappa shape index (κ2) is 5.52. The summed E-state index contributed by atoms with van der Waals surface area (Å²) in [5.41, 5.74) is -0.579. The number of aromatic hydroxyl groups is 1. The predicted octanol–water partition coefficient (Wildman–Crippen LogP) is 2.41. The molecule has 21 heavy (non-hydrogen) atoms. The summed E-state index contributed by atoms with van der Waals surface area (Å²) in [7, 11) is 0. The topological polar surface area (TPSA) is 132 Å². The average molecular weight is 307 g/mol. The molecule has 0 saturated carbocycles. The molecule has 0 saturated heterocycles. The lowest BCUT2D eigenvalue weighted by Crippen LogP contribution is -2.12. The molecule has 106 valence electrons. The minimum Gasteiger partial charge on any atom is -0.501 e. The van der Waals surface area contributed by atoms with Gasteiger partial charge in [-0.25, -0.2) is 0 Å². The van der Waals surface area contributed by atoms with Crippen molar-refractivity contribution in [1.29, 1.82) is 5.26 Å². The number of nitrogens with zero attached hydrogens (tertiary/aromatic N) is 2. The van der Waals surface area contributed by atoms with Crippen LogP contribution in [0.25, 0.3) is 0 Å². The zero-order valence-electron chi connectivity index (χ0n) is 10.3. The van der Waals surface area contributed by atoms with Crippen molar-refractivity contribution < 1.29 is 14.8 Å². The van der Waals surface area contributed by atoms with Crippen LogP contribution in [-0.4, -0.2) is 20.9 Å². The summed E-state index contributed by atoms with van der Waals surface area (Å²) in [6.07, 6.45) is 0. The first-order valence-electron chi connectivity index (χ1n) is 5.49. The van der Waals surface area contributed by atoms with E-state index in [9.17, 15) is 20.0 Å². The van der Waals surface area contributed by atoms with E-state index < -0.39 is 22.3 Å². The van der Waals surface area contributed by atoms with Crippen molar-refractivity contribution >= 4 is 28.9 Å². The van der Waals surface area contributed by atoms with Crippen LogP contribution in [-0.2, 0) is 0 Å². The SMILES string of the molecule is N#Cc1ccc(C(=O)Nc2cc(Cl)cc([N+](=O)[O-])c2O)[nH]1. The number of nitro groups is 1. The Morgan fingerprint density at radius 1 is 1.48 bits per heavy atom. The van der Waals surface area contributed by atoms with Crippen LogP contribution in [0, 0.1) is 21.4 Å². The molecule has 9 heteroatoms. The van der Waals surface area contributed by atoms with Gasteiger partial charge in [-0.15, -0.1) is 0 Å². The predicted molar refractivity (Wildman–Crippen MR) is 73.2 cm³/mol. The van der Waals surface area contributed by atoms with Crippen LogP contribution < -0.4 is 5.32 Å². The standard InChI is InChI=1S/C12H7ClN4O4/c13-6-3-9(11(18)10(4-6)17(20)21)16-12(19)8-2-1-7(5-14)15-8/h1-4,15,18H,(H,16,19). The van der Waals surface area contributed by atoms with Gasteiger partial charge >= 0.3 is 5.69 Å². The van der Waals surface area contributed by atoms with Crippen molar-refractivity contribution in [2.24, 2.45) is 0 Å². The number of carbonyl (C=O) groups excluding carboxylic acids is 1. The molecule has 0 aliphatic heterocycles. The summed E-state index contributed by atoms with van der Waals surface area (Å²) in [4.78, 5) is 24.4. The van der Waals surface area contributed by atoms with Gasteiger partial charge in [-0.05, 0) is 18.2 Å². The molecule has 1 amide bonds. The maximum atomic E-state index is 11.9. The Kier molecular flexibility index (Phi) is 3.77. The fourth-order valence-corrected chi connectivity index (χ4v) is 1.81. The van der Waals surface area contributed by atoms with Crippen molar-refractivity contribution in [3.63, 3.8) is 0 Å². The lowest BCUT2D eigenvalue weighted by molar-refractivity contribution is -0.385. The van der Waals surface area contributed by atoms with Gasteiger partial charge in [-0.2, -0.15) is 5.26 Å². The number of hydrogen-bond acceptors (Lipinski definition) is 5. The van der Waals surface area contributed by atoms with Crippen molar-refractivity contribution in [3.05, 3.63) is 50.8 Å². The third-order valence-corrected chi connectivity index (χ3v) is 2.77. The molecule has 1 aromatic carbocycles. The number of rotatable bonds is 3. The molecular formula is C12H7ClN4O4. The molecule has 0 unspecified atom stereocenters. The third kappa shape index (κ3) is 2.93. The van der Waals surface area contributed by atoms with Crippen LogP contribution in [0.5, 0.6) is 5.75 Å². The van der Waals surface area contributed by atoms with Crippen LogP contribution in [0.1, 0.15) is 16.2 Å². The van der Waals surface area contributed by atoms with E-state index in [1.807, 2.05) is 6.07 Å². The molecule has 0 fully saturated rings. The zero-order chi connectivity index (χ0) is 15.6. The summed E-state index contributed by atoms with van der Waals surface area (Å²) in [6, 6.07) is 6.72. The molecule has 0 aliphatic carbocycles. The van der Waals surface area contributed by atoms with E-state index in [0.29, 0.717) is 0 Å². The number of H-pyrrole nitrogens is 1. The molecule has 0 atom stereocenters. The van der Waals surface area contributed by atoms with Crippen molar-refractivity contribution in [3.8, 4) is 11.8 Å². The van der Waals surface area contributed by atoms with Crippen molar-refractivity contribution in [1.82, 2.24) is 4.98 Å². The van der Waals surface area contributed by atoms with Gasteiger partial charge in [0, 0.05) is 11.1 Å². The first kappa shape index (κ1) is 14.4. The van der Waals surface area contributed by atoms with Crippen LogP contribution >= 0.6 is 11.6 Å². The largest absolute Gasteiger partial charge is 0.501 e. The van der Waals surface area contributed by atoms with Crippen molar-refractivity contribution in [2.75, 3.05) is 5.32 Å². The maximum absolute atomic E-state index is 11.9. The van der Waals surface area contributed by atoms with Gasteiger partial charge in [0.05, 0.1) is 10.6 Å². The molecule has 2 aromatic rings. The van der Waals surface area contributed by atoms with Crippen LogP contribution in [0.4, 0.5) is 11.4 Å². The first-order chi connectivity index (χ1) is 9.92. The Labute approximate surface area is 122 Å². The van der Waals surface area contributed by atoms with Crippen LogP contribution in [0.3, 0.4) is 0 Å². The fourth-order valence-electron chi connectivity index (χ4n) is 1.60. The number of hydrogen-bond donors (Lipinski definition) is 3. The van der Waals surface area contributed by atoms with E-state index in [1.54, 1.807) is 0 Å². The molecule has 0 radical (unpaired) electrons. The number of amides is 1. The van der Waals surface area contributed by atoms with Gasteiger partial charge in [-0.3, -0.25) is 14.9 Å². The number of aromatic nitrogens is 1. The van der Waals surface area contributed by atoms with Gasteiger partial charge in [0.2, 0.25) is 5.75 Å². The van der Waals surface area contributed by atoms with Gasteiger partial charge in [0.15, 0.2) is 0 Å². The number of benzene rings is 1. The van der Waals surface area contributed by atoms with Gasteiger partial charge in [-0.1, -0.05) is 11.6 Å². The molecule has 0 aliphatic rings. The quantitative estimate of drug-likeness (QED) is 0.455. The molecule has 8 nitrogen and oxygen atoms in total. The highest BCUT2D eigenvalue weighted by Crippen LogP contribution is 2.37. The zero-order valence-corrected chi connectivity index (χ0v) is 11.0. The lowest BCUT2D eigenvalue weighted by Gasteiger charge is -2.07. The van der Waals surface area contributed by atoms with E-state index >= 15 is 0 Å². The monoisotopic (exact) mass is 306 g/mol. The minimum absolute atomic E-state index is 0.0148. The summed E-state index contributed by atoms with van der Waals surface area (Å²) < 4.78 is 0.